The second kappa shape index (κ2) is 6.74. The van der Waals surface area contributed by atoms with E-state index < -0.39 is 41.3 Å². The van der Waals surface area contributed by atoms with Crippen LogP contribution in [0.4, 0.5) is 4.79 Å². The SMILES string of the molecule is CC(C)(C)OC(=O)N[C@@H]1C(=O)N2C(C(=O)OC(C)(C)C)=C(C=O)CC[C@H]12. The van der Waals surface area contributed by atoms with Gasteiger partial charge in [-0.2, -0.15) is 0 Å². The average Bonchev–Trinajstić information content (AvgIpc) is 2.47. The number of hydrogen-bond donors (Lipinski definition) is 1. The van der Waals surface area contributed by atoms with E-state index in [-0.39, 0.29) is 11.3 Å². The molecular weight excluding hydrogens is 340 g/mol. The van der Waals surface area contributed by atoms with Crippen molar-refractivity contribution in [1.29, 1.82) is 0 Å². The molecule has 0 radical (unpaired) electrons. The van der Waals surface area contributed by atoms with E-state index in [1.54, 1.807) is 41.5 Å². The monoisotopic (exact) mass is 366 g/mol. The molecule has 0 spiro atoms. The molecule has 0 aromatic heterocycles. The highest BCUT2D eigenvalue weighted by molar-refractivity contribution is 6.04. The first-order valence-corrected chi connectivity index (χ1v) is 8.58. The van der Waals surface area contributed by atoms with Crippen LogP contribution in [-0.2, 0) is 23.9 Å². The summed E-state index contributed by atoms with van der Waals surface area (Å²) in [5.41, 5.74) is -1.24. The van der Waals surface area contributed by atoms with E-state index in [1.165, 1.54) is 4.90 Å². The standard InChI is InChI=1S/C18H26N2O6/c1-17(2,3)25-15(23)13-10(9-21)7-8-11-12(14(22)20(11)13)19-16(24)26-18(4,5)6/h9,11-12H,7-8H2,1-6H3,(H,19,24)/t11-,12+/m1/s1. The van der Waals surface area contributed by atoms with Gasteiger partial charge in [-0.05, 0) is 54.4 Å². The van der Waals surface area contributed by atoms with Crippen molar-refractivity contribution >= 4 is 24.3 Å². The Hall–Kier alpha value is -2.38. The lowest BCUT2D eigenvalue weighted by Crippen LogP contribution is -2.72. The zero-order valence-electron chi connectivity index (χ0n) is 16.0. The second-order valence-electron chi connectivity index (χ2n) is 8.43. The molecule has 0 bridgehead atoms. The summed E-state index contributed by atoms with van der Waals surface area (Å²) in [7, 11) is 0. The van der Waals surface area contributed by atoms with Crippen molar-refractivity contribution in [1.82, 2.24) is 10.2 Å². The molecule has 1 fully saturated rings. The van der Waals surface area contributed by atoms with Gasteiger partial charge in [0.15, 0.2) is 0 Å². The minimum absolute atomic E-state index is 0.0292. The van der Waals surface area contributed by atoms with Crippen molar-refractivity contribution in [2.24, 2.45) is 0 Å². The fourth-order valence-electron chi connectivity index (χ4n) is 2.96. The largest absolute Gasteiger partial charge is 0.455 e. The first-order valence-electron chi connectivity index (χ1n) is 8.58. The molecule has 2 amide bonds. The number of β-lactam (4-membered cyclic amide) rings is 1. The summed E-state index contributed by atoms with van der Waals surface area (Å²) >= 11 is 0. The van der Waals surface area contributed by atoms with Crippen LogP contribution in [0.1, 0.15) is 54.4 Å². The molecule has 1 saturated heterocycles. The quantitative estimate of drug-likeness (QED) is 0.463. The highest BCUT2D eigenvalue weighted by atomic mass is 16.6. The Bertz CT molecular complexity index is 668. The van der Waals surface area contributed by atoms with Crippen LogP contribution in [0.15, 0.2) is 11.3 Å². The molecule has 2 heterocycles. The summed E-state index contributed by atoms with van der Waals surface area (Å²) < 4.78 is 10.5. The van der Waals surface area contributed by atoms with Crippen molar-refractivity contribution in [2.75, 3.05) is 0 Å². The van der Waals surface area contributed by atoms with Crippen LogP contribution in [0.25, 0.3) is 0 Å². The molecule has 2 atom stereocenters. The Morgan fingerprint density at radius 3 is 2.19 bits per heavy atom. The van der Waals surface area contributed by atoms with Crippen LogP contribution < -0.4 is 5.32 Å². The van der Waals surface area contributed by atoms with Gasteiger partial charge in [-0.3, -0.25) is 14.5 Å². The van der Waals surface area contributed by atoms with Crippen molar-refractivity contribution < 1.29 is 28.7 Å². The van der Waals surface area contributed by atoms with E-state index in [2.05, 4.69) is 5.32 Å². The molecule has 0 aromatic rings. The van der Waals surface area contributed by atoms with Crippen LogP contribution in [0.5, 0.6) is 0 Å². The van der Waals surface area contributed by atoms with Gasteiger partial charge in [0.2, 0.25) is 0 Å². The van der Waals surface area contributed by atoms with Gasteiger partial charge < -0.3 is 14.8 Å². The fourth-order valence-corrected chi connectivity index (χ4v) is 2.96. The molecule has 0 saturated carbocycles. The Morgan fingerprint density at radius 1 is 1.12 bits per heavy atom. The minimum Gasteiger partial charge on any atom is -0.455 e. The Morgan fingerprint density at radius 2 is 1.69 bits per heavy atom. The number of hydrogen-bond acceptors (Lipinski definition) is 6. The third kappa shape index (κ3) is 4.23. The highest BCUT2D eigenvalue weighted by Gasteiger charge is 2.54. The number of ether oxygens (including phenoxy) is 2. The van der Waals surface area contributed by atoms with Gasteiger partial charge >= 0.3 is 12.1 Å². The van der Waals surface area contributed by atoms with E-state index in [4.69, 9.17) is 9.47 Å². The molecule has 1 N–H and O–H groups in total. The summed E-state index contributed by atoms with van der Waals surface area (Å²) in [5, 5.41) is 2.55. The lowest BCUT2D eigenvalue weighted by atomic mass is 9.84. The predicted octanol–water partition coefficient (Wildman–Crippen LogP) is 1.68. The van der Waals surface area contributed by atoms with E-state index in [0.717, 1.165) is 0 Å². The van der Waals surface area contributed by atoms with Crippen molar-refractivity contribution in [3.05, 3.63) is 11.3 Å². The lowest BCUT2D eigenvalue weighted by Gasteiger charge is -2.50. The Kier molecular flexibility index (Phi) is 5.17. The fraction of sp³-hybridized carbons (Fsp3) is 0.667. The zero-order chi connectivity index (χ0) is 19.9. The van der Waals surface area contributed by atoms with Crippen LogP contribution in [-0.4, -0.2) is 52.4 Å². The topological polar surface area (TPSA) is 102 Å². The van der Waals surface area contributed by atoms with Gasteiger partial charge in [0.1, 0.15) is 29.2 Å². The number of carbonyl (C=O) groups excluding carboxylic acids is 4. The maximum atomic E-state index is 12.5. The number of rotatable bonds is 3. The molecule has 0 unspecified atom stereocenters. The first-order chi connectivity index (χ1) is 11.8. The molecular formula is C18H26N2O6. The third-order valence-corrected chi connectivity index (χ3v) is 3.88. The van der Waals surface area contributed by atoms with Crippen LogP contribution in [0.2, 0.25) is 0 Å². The summed E-state index contributed by atoms with van der Waals surface area (Å²) in [6.45, 7) is 10.3. The van der Waals surface area contributed by atoms with Gasteiger partial charge in [0, 0.05) is 5.57 Å². The molecule has 26 heavy (non-hydrogen) atoms. The van der Waals surface area contributed by atoms with Gasteiger partial charge in [-0.1, -0.05) is 0 Å². The van der Waals surface area contributed by atoms with E-state index in [1.807, 2.05) is 0 Å². The summed E-state index contributed by atoms with van der Waals surface area (Å²) in [6, 6.07) is -1.18. The maximum absolute atomic E-state index is 12.5. The van der Waals surface area contributed by atoms with Crippen LogP contribution in [0.3, 0.4) is 0 Å². The van der Waals surface area contributed by atoms with Gasteiger partial charge in [0.05, 0.1) is 6.04 Å². The number of aldehydes is 1. The zero-order valence-corrected chi connectivity index (χ0v) is 16.0. The molecule has 0 aromatic carbocycles. The molecule has 2 aliphatic heterocycles. The van der Waals surface area contributed by atoms with Crippen molar-refractivity contribution in [3.8, 4) is 0 Å². The maximum Gasteiger partial charge on any atom is 0.408 e. The number of allylic oxidation sites excluding steroid dienone is 1. The Labute approximate surface area is 152 Å². The van der Waals surface area contributed by atoms with E-state index in [0.29, 0.717) is 19.1 Å². The lowest BCUT2D eigenvalue weighted by molar-refractivity contribution is -0.162. The van der Waals surface area contributed by atoms with Crippen LogP contribution in [0, 0.1) is 0 Å². The van der Waals surface area contributed by atoms with Gasteiger partial charge in [-0.25, -0.2) is 9.59 Å². The van der Waals surface area contributed by atoms with Crippen LogP contribution >= 0.6 is 0 Å². The van der Waals surface area contributed by atoms with Crippen molar-refractivity contribution in [3.63, 3.8) is 0 Å². The Balaban J connectivity index is 2.17. The van der Waals surface area contributed by atoms with Gasteiger partial charge in [-0.15, -0.1) is 0 Å². The molecule has 8 heteroatoms. The predicted molar refractivity (Wildman–Crippen MR) is 92.0 cm³/mol. The number of fused-ring (bicyclic) bond motifs is 1. The molecule has 0 aliphatic carbocycles. The average molecular weight is 366 g/mol. The number of amides is 2. The number of esters is 1. The summed E-state index contributed by atoms with van der Waals surface area (Å²) in [6.07, 6.45) is 0.683. The van der Waals surface area contributed by atoms with Crippen molar-refractivity contribution in [2.45, 2.75) is 77.7 Å². The number of carbonyl (C=O) groups is 4. The first kappa shape index (κ1) is 19.9. The highest BCUT2D eigenvalue weighted by Crippen LogP contribution is 2.37. The smallest absolute Gasteiger partial charge is 0.408 e. The molecule has 8 nitrogen and oxygen atoms in total. The summed E-state index contributed by atoms with van der Waals surface area (Å²) in [4.78, 5) is 49.6. The van der Waals surface area contributed by atoms with E-state index in [9.17, 15) is 19.2 Å². The second-order valence-corrected chi connectivity index (χ2v) is 8.43. The number of nitrogens with zero attached hydrogens (tertiary/aromatic N) is 1. The summed E-state index contributed by atoms with van der Waals surface area (Å²) in [5.74, 6) is -1.17. The number of nitrogens with one attached hydrogen (secondary N) is 1. The minimum atomic E-state index is -0.782. The molecule has 144 valence electrons. The van der Waals surface area contributed by atoms with Gasteiger partial charge in [0.25, 0.3) is 5.91 Å². The third-order valence-electron chi connectivity index (χ3n) is 3.88. The number of alkyl carbamates (subject to hydrolysis) is 1. The van der Waals surface area contributed by atoms with E-state index >= 15 is 0 Å². The molecule has 2 rings (SSSR count). The normalized spacial score (nSPS) is 23.0. The molecule has 2 aliphatic rings.